The van der Waals surface area contributed by atoms with Crippen LogP contribution < -0.4 is 5.32 Å². The van der Waals surface area contributed by atoms with Gasteiger partial charge in [-0.25, -0.2) is 0 Å². The highest BCUT2D eigenvalue weighted by Gasteiger charge is 2.26. The lowest BCUT2D eigenvalue weighted by molar-refractivity contribution is 0.146. The lowest BCUT2D eigenvalue weighted by Crippen LogP contribution is -2.29. The van der Waals surface area contributed by atoms with E-state index in [9.17, 15) is 0 Å². The van der Waals surface area contributed by atoms with E-state index in [1.165, 1.54) is 18.4 Å². The molecule has 18 heavy (non-hydrogen) atoms. The van der Waals surface area contributed by atoms with Gasteiger partial charge < -0.3 is 10.1 Å². The Balaban J connectivity index is 2.08. The first-order valence-electron chi connectivity index (χ1n) is 6.69. The molecule has 0 saturated heterocycles. The number of rotatable bonds is 7. The second kappa shape index (κ2) is 6.55. The van der Waals surface area contributed by atoms with Gasteiger partial charge in [0.25, 0.3) is 0 Å². The van der Waals surface area contributed by atoms with Crippen LogP contribution in [0.2, 0.25) is 5.02 Å². The van der Waals surface area contributed by atoms with Gasteiger partial charge in [0.2, 0.25) is 0 Å². The van der Waals surface area contributed by atoms with Gasteiger partial charge >= 0.3 is 0 Å². The number of ether oxygens (including phenoxy) is 1. The first-order valence-corrected chi connectivity index (χ1v) is 7.07. The molecule has 1 aromatic rings. The van der Waals surface area contributed by atoms with Crippen molar-refractivity contribution in [2.75, 3.05) is 20.3 Å². The molecule has 1 aromatic carbocycles. The van der Waals surface area contributed by atoms with Crippen LogP contribution in [0.3, 0.4) is 0 Å². The molecule has 2 atom stereocenters. The molecule has 1 N–H and O–H groups in total. The molecule has 3 heteroatoms. The van der Waals surface area contributed by atoms with Crippen molar-refractivity contribution in [3.8, 4) is 0 Å². The Kier molecular flexibility index (Phi) is 5.04. The van der Waals surface area contributed by atoms with Gasteiger partial charge in [0.15, 0.2) is 0 Å². The number of benzene rings is 1. The lowest BCUT2D eigenvalue weighted by Gasteiger charge is -2.25. The van der Waals surface area contributed by atoms with Gasteiger partial charge in [-0.1, -0.05) is 36.7 Å². The Bertz CT molecular complexity index is 379. The number of hydrogen-bond acceptors (Lipinski definition) is 2. The molecule has 1 aliphatic rings. The van der Waals surface area contributed by atoms with Crippen LogP contribution in [0.15, 0.2) is 24.3 Å². The quantitative estimate of drug-likeness (QED) is 0.817. The van der Waals surface area contributed by atoms with Crippen molar-refractivity contribution in [2.24, 2.45) is 5.92 Å². The second-order valence-electron chi connectivity index (χ2n) is 5.24. The SMILES string of the molecule is COCC(C)C(CNC1CC1)c1ccccc1Cl. The van der Waals surface area contributed by atoms with Crippen molar-refractivity contribution in [3.63, 3.8) is 0 Å². The summed E-state index contributed by atoms with van der Waals surface area (Å²) in [6.45, 7) is 3.98. The summed E-state index contributed by atoms with van der Waals surface area (Å²) < 4.78 is 5.30. The minimum atomic E-state index is 0.416. The highest BCUT2D eigenvalue weighted by molar-refractivity contribution is 6.31. The molecule has 1 fully saturated rings. The average Bonchev–Trinajstić information content (AvgIpc) is 3.16. The average molecular weight is 268 g/mol. The number of hydrogen-bond donors (Lipinski definition) is 1. The van der Waals surface area contributed by atoms with E-state index in [4.69, 9.17) is 16.3 Å². The predicted molar refractivity (Wildman–Crippen MR) is 76.3 cm³/mol. The third-order valence-electron chi connectivity index (χ3n) is 3.62. The van der Waals surface area contributed by atoms with Crippen molar-refractivity contribution in [2.45, 2.75) is 31.7 Å². The normalized spacial score (nSPS) is 18.6. The standard InChI is InChI=1S/C15H22ClNO/c1-11(10-18-2)14(9-17-12-7-8-12)13-5-3-4-6-15(13)16/h3-6,11-12,14,17H,7-10H2,1-2H3. The molecule has 1 saturated carbocycles. The van der Waals surface area contributed by atoms with Crippen molar-refractivity contribution >= 4 is 11.6 Å². The van der Waals surface area contributed by atoms with Crippen LogP contribution in [0, 0.1) is 5.92 Å². The molecule has 0 aliphatic heterocycles. The Morgan fingerprint density at radius 1 is 1.39 bits per heavy atom. The zero-order chi connectivity index (χ0) is 13.0. The lowest BCUT2D eigenvalue weighted by atomic mass is 9.87. The zero-order valence-corrected chi connectivity index (χ0v) is 11.9. The number of halogens is 1. The van der Waals surface area contributed by atoms with E-state index in [2.05, 4.69) is 24.4 Å². The van der Waals surface area contributed by atoms with Gasteiger partial charge in [0.1, 0.15) is 0 Å². The van der Waals surface area contributed by atoms with Crippen LogP contribution >= 0.6 is 11.6 Å². The molecular formula is C15H22ClNO. The van der Waals surface area contributed by atoms with Gasteiger partial charge in [0.05, 0.1) is 0 Å². The summed E-state index contributed by atoms with van der Waals surface area (Å²) in [5, 5.41) is 4.47. The molecule has 100 valence electrons. The van der Waals surface area contributed by atoms with Crippen LogP contribution in [0.25, 0.3) is 0 Å². The molecule has 0 amide bonds. The van der Waals surface area contributed by atoms with Crippen LogP contribution in [0.5, 0.6) is 0 Å². The van der Waals surface area contributed by atoms with E-state index in [0.29, 0.717) is 11.8 Å². The maximum Gasteiger partial charge on any atom is 0.0494 e. The van der Waals surface area contributed by atoms with Gasteiger partial charge in [-0.3, -0.25) is 0 Å². The van der Waals surface area contributed by atoms with Crippen LogP contribution in [-0.2, 0) is 4.74 Å². The molecule has 0 heterocycles. The monoisotopic (exact) mass is 267 g/mol. The minimum absolute atomic E-state index is 0.416. The maximum absolute atomic E-state index is 6.33. The number of methoxy groups -OCH3 is 1. The van der Waals surface area contributed by atoms with Crippen LogP contribution in [0.1, 0.15) is 31.2 Å². The highest BCUT2D eigenvalue weighted by Crippen LogP contribution is 2.31. The fourth-order valence-corrected chi connectivity index (χ4v) is 2.63. The third-order valence-corrected chi connectivity index (χ3v) is 3.97. The first-order chi connectivity index (χ1) is 8.72. The van der Waals surface area contributed by atoms with Gasteiger partial charge in [-0.05, 0) is 30.4 Å². The van der Waals surface area contributed by atoms with E-state index < -0.39 is 0 Å². The smallest absolute Gasteiger partial charge is 0.0494 e. The minimum Gasteiger partial charge on any atom is -0.384 e. The van der Waals surface area contributed by atoms with Crippen molar-refractivity contribution in [3.05, 3.63) is 34.9 Å². The molecule has 0 aromatic heterocycles. The fraction of sp³-hybridized carbons (Fsp3) is 0.600. The largest absolute Gasteiger partial charge is 0.384 e. The summed E-state index contributed by atoms with van der Waals surface area (Å²) >= 11 is 6.33. The highest BCUT2D eigenvalue weighted by atomic mass is 35.5. The molecular weight excluding hydrogens is 246 g/mol. The molecule has 0 spiro atoms. The molecule has 2 unspecified atom stereocenters. The van der Waals surface area contributed by atoms with Gasteiger partial charge in [-0.2, -0.15) is 0 Å². The van der Waals surface area contributed by atoms with E-state index >= 15 is 0 Å². The van der Waals surface area contributed by atoms with E-state index in [0.717, 1.165) is 24.2 Å². The zero-order valence-electron chi connectivity index (χ0n) is 11.2. The maximum atomic E-state index is 6.33. The molecule has 1 aliphatic carbocycles. The summed E-state index contributed by atoms with van der Waals surface area (Å²) in [6, 6.07) is 8.88. The van der Waals surface area contributed by atoms with Crippen molar-refractivity contribution in [1.29, 1.82) is 0 Å². The van der Waals surface area contributed by atoms with Crippen LogP contribution in [0.4, 0.5) is 0 Å². The molecule has 0 bridgehead atoms. The second-order valence-corrected chi connectivity index (χ2v) is 5.65. The molecule has 0 radical (unpaired) electrons. The first kappa shape index (κ1) is 13.9. The van der Waals surface area contributed by atoms with Gasteiger partial charge in [0, 0.05) is 37.2 Å². The summed E-state index contributed by atoms with van der Waals surface area (Å²) in [7, 11) is 1.76. The van der Waals surface area contributed by atoms with Gasteiger partial charge in [-0.15, -0.1) is 0 Å². The van der Waals surface area contributed by atoms with E-state index in [1.54, 1.807) is 7.11 Å². The van der Waals surface area contributed by atoms with E-state index in [-0.39, 0.29) is 0 Å². The Hall–Kier alpha value is -0.570. The Morgan fingerprint density at radius 3 is 2.72 bits per heavy atom. The summed E-state index contributed by atoms with van der Waals surface area (Å²) in [4.78, 5) is 0. The third kappa shape index (κ3) is 3.71. The molecule has 2 nitrogen and oxygen atoms in total. The van der Waals surface area contributed by atoms with Crippen molar-refractivity contribution in [1.82, 2.24) is 5.32 Å². The Labute approximate surface area is 115 Å². The topological polar surface area (TPSA) is 21.3 Å². The number of nitrogens with one attached hydrogen (secondary N) is 1. The summed E-state index contributed by atoms with van der Waals surface area (Å²) in [5.74, 6) is 0.875. The van der Waals surface area contributed by atoms with Crippen LogP contribution in [-0.4, -0.2) is 26.3 Å². The summed E-state index contributed by atoms with van der Waals surface area (Å²) in [5.41, 5.74) is 1.23. The predicted octanol–water partition coefficient (Wildman–Crippen LogP) is 3.46. The Morgan fingerprint density at radius 2 is 2.11 bits per heavy atom. The van der Waals surface area contributed by atoms with E-state index in [1.807, 2.05) is 12.1 Å². The van der Waals surface area contributed by atoms with Crippen molar-refractivity contribution < 1.29 is 4.74 Å². The molecule has 2 rings (SSSR count). The summed E-state index contributed by atoms with van der Waals surface area (Å²) in [6.07, 6.45) is 2.63. The fourth-order valence-electron chi connectivity index (χ4n) is 2.35.